The number of hydrogen-bond donors (Lipinski definition) is 2. The third-order valence-electron chi connectivity index (χ3n) is 2.69. The summed E-state index contributed by atoms with van der Waals surface area (Å²) in [4.78, 5) is 28.7. The summed E-state index contributed by atoms with van der Waals surface area (Å²) < 4.78 is 1.78. The van der Waals surface area contributed by atoms with E-state index in [0.717, 1.165) is 12.1 Å². The van der Waals surface area contributed by atoms with Crippen LogP contribution < -0.4 is 5.69 Å². The minimum absolute atomic E-state index is 0.0393. The van der Waals surface area contributed by atoms with Crippen LogP contribution in [0.4, 0.5) is 0 Å². The SMILES string of the molecule is CCn1cc(CSc2nc(=O)[nH]c(C)c2C(=O)O)cn1. The minimum atomic E-state index is -1.10. The van der Waals surface area contributed by atoms with Gasteiger partial charge in [0.05, 0.1) is 6.20 Å². The van der Waals surface area contributed by atoms with Crippen LogP contribution in [0.3, 0.4) is 0 Å². The number of carboxylic acid groups (broad SMARTS) is 1. The van der Waals surface area contributed by atoms with Crippen LogP contribution >= 0.6 is 11.8 Å². The lowest BCUT2D eigenvalue weighted by molar-refractivity contribution is 0.0690. The normalized spacial score (nSPS) is 10.7. The summed E-state index contributed by atoms with van der Waals surface area (Å²) in [5, 5.41) is 13.5. The van der Waals surface area contributed by atoms with Crippen molar-refractivity contribution in [2.24, 2.45) is 0 Å². The molecule has 106 valence electrons. The van der Waals surface area contributed by atoms with Gasteiger partial charge >= 0.3 is 11.7 Å². The molecule has 0 atom stereocenters. The summed E-state index contributed by atoms with van der Waals surface area (Å²) in [6.45, 7) is 4.30. The van der Waals surface area contributed by atoms with Crippen molar-refractivity contribution >= 4 is 17.7 Å². The van der Waals surface area contributed by atoms with E-state index in [1.54, 1.807) is 17.8 Å². The summed E-state index contributed by atoms with van der Waals surface area (Å²) in [7, 11) is 0. The Morgan fingerprint density at radius 3 is 2.90 bits per heavy atom. The molecule has 0 unspecified atom stereocenters. The summed E-state index contributed by atoms with van der Waals surface area (Å²) in [5.74, 6) is -0.589. The van der Waals surface area contributed by atoms with E-state index in [1.807, 2.05) is 13.1 Å². The predicted octanol–water partition coefficient (Wildman–Crippen LogP) is 1.29. The highest BCUT2D eigenvalue weighted by Gasteiger charge is 2.17. The maximum Gasteiger partial charge on any atom is 0.346 e. The molecule has 0 amide bonds. The van der Waals surface area contributed by atoms with Gasteiger partial charge in [0.15, 0.2) is 0 Å². The average molecular weight is 294 g/mol. The number of aromatic carboxylic acids is 1. The van der Waals surface area contributed by atoms with Crippen LogP contribution in [0, 0.1) is 6.92 Å². The fourth-order valence-corrected chi connectivity index (χ4v) is 2.71. The quantitative estimate of drug-likeness (QED) is 0.636. The molecule has 0 aliphatic heterocycles. The van der Waals surface area contributed by atoms with Crippen molar-refractivity contribution in [1.29, 1.82) is 0 Å². The van der Waals surface area contributed by atoms with Gasteiger partial charge in [-0.15, -0.1) is 11.8 Å². The number of hydrogen-bond acceptors (Lipinski definition) is 5. The molecule has 2 N–H and O–H groups in total. The number of aromatic amines is 1. The highest BCUT2D eigenvalue weighted by atomic mass is 32.2. The lowest BCUT2D eigenvalue weighted by atomic mass is 10.2. The molecule has 0 radical (unpaired) electrons. The van der Waals surface area contributed by atoms with E-state index in [-0.39, 0.29) is 10.6 Å². The highest BCUT2D eigenvalue weighted by Crippen LogP contribution is 2.24. The van der Waals surface area contributed by atoms with E-state index in [2.05, 4.69) is 15.1 Å². The van der Waals surface area contributed by atoms with Gasteiger partial charge in [-0.05, 0) is 13.8 Å². The molecule has 8 heteroatoms. The first-order valence-corrected chi connectivity index (χ1v) is 6.98. The smallest absolute Gasteiger partial charge is 0.346 e. The summed E-state index contributed by atoms with van der Waals surface area (Å²) in [6, 6.07) is 0. The lowest BCUT2D eigenvalue weighted by Gasteiger charge is -2.05. The Hall–Kier alpha value is -2.09. The van der Waals surface area contributed by atoms with E-state index in [4.69, 9.17) is 0 Å². The van der Waals surface area contributed by atoms with Gasteiger partial charge in [-0.1, -0.05) is 0 Å². The number of aromatic nitrogens is 4. The van der Waals surface area contributed by atoms with Crippen molar-refractivity contribution in [2.75, 3.05) is 0 Å². The molecular weight excluding hydrogens is 280 g/mol. The molecule has 2 heterocycles. The van der Waals surface area contributed by atoms with E-state index in [9.17, 15) is 14.7 Å². The van der Waals surface area contributed by atoms with Crippen LogP contribution in [-0.4, -0.2) is 30.8 Å². The Labute approximate surface area is 119 Å². The fourth-order valence-electron chi connectivity index (χ4n) is 1.72. The number of nitrogens with zero attached hydrogens (tertiary/aromatic N) is 3. The third kappa shape index (κ3) is 3.08. The van der Waals surface area contributed by atoms with Gasteiger partial charge in [0.25, 0.3) is 0 Å². The molecule has 0 aliphatic carbocycles. The maximum absolute atomic E-state index is 11.4. The van der Waals surface area contributed by atoms with Crippen molar-refractivity contribution in [1.82, 2.24) is 19.7 Å². The average Bonchev–Trinajstić information content (AvgIpc) is 2.82. The van der Waals surface area contributed by atoms with Crippen molar-refractivity contribution in [3.8, 4) is 0 Å². The molecule has 2 aromatic rings. The molecule has 0 bridgehead atoms. The molecule has 0 aliphatic rings. The maximum atomic E-state index is 11.4. The van der Waals surface area contributed by atoms with E-state index in [1.165, 1.54) is 11.8 Å². The zero-order chi connectivity index (χ0) is 14.7. The molecule has 0 saturated heterocycles. The van der Waals surface area contributed by atoms with Gasteiger partial charge in [0, 0.05) is 29.8 Å². The van der Waals surface area contributed by atoms with Gasteiger partial charge in [-0.25, -0.2) is 9.59 Å². The van der Waals surface area contributed by atoms with Gasteiger partial charge in [0.2, 0.25) is 0 Å². The zero-order valence-corrected chi connectivity index (χ0v) is 11.9. The topological polar surface area (TPSA) is 101 Å². The molecule has 2 aromatic heterocycles. The second kappa shape index (κ2) is 5.91. The zero-order valence-electron chi connectivity index (χ0n) is 11.1. The minimum Gasteiger partial charge on any atom is -0.478 e. The highest BCUT2D eigenvalue weighted by molar-refractivity contribution is 7.98. The second-order valence-corrected chi connectivity index (χ2v) is 5.11. The van der Waals surface area contributed by atoms with Gasteiger partial charge in [0.1, 0.15) is 10.6 Å². The molecule has 20 heavy (non-hydrogen) atoms. The van der Waals surface area contributed by atoms with Gasteiger partial charge < -0.3 is 10.1 Å². The standard InChI is InChI=1S/C12H14N4O3S/c1-3-16-5-8(4-13-16)6-20-10-9(11(17)18)7(2)14-12(19)15-10/h4-5H,3,6H2,1-2H3,(H,17,18)(H,14,15,19). The van der Waals surface area contributed by atoms with Crippen molar-refractivity contribution in [3.05, 3.63) is 39.7 Å². The van der Waals surface area contributed by atoms with Gasteiger partial charge in [-0.2, -0.15) is 10.1 Å². The van der Waals surface area contributed by atoms with E-state index >= 15 is 0 Å². The van der Waals surface area contributed by atoms with Crippen molar-refractivity contribution in [3.63, 3.8) is 0 Å². The first-order valence-electron chi connectivity index (χ1n) is 5.99. The molecule has 2 rings (SSSR count). The molecule has 0 saturated carbocycles. The summed E-state index contributed by atoms with van der Waals surface area (Å²) in [6.07, 6.45) is 3.60. The first-order chi connectivity index (χ1) is 9.51. The largest absolute Gasteiger partial charge is 0.478 e. The number of thioether (sulfide) groups is 1. The van der Waals surface area contributed by atoms with E-state index in [0.29, 0.717) is 11.4 Å². The molecule has 0 spiro atoms. The van der Waals surface area contributed by atoms with Crippen LogP contribution in [0.25, 0.3) is 0 Å². The number of carbonyl (C=O) groups is 1. The number of aryl methyl sites for hydroxylation is 2. The van der Waals surface area contributed by atoms with Crippen LogP contribution in [0.5, 0.6) is 0 Å². The van der Waals surface area contributed by atoms with E-state index < -0.39 is 11.7 Å². The Morgan fingerprint density at radius 1 is 1.55 bits per heavy atom. The third-order valence-corrected chi connectivity index (χ3v) is 3.73. The molecule has 0 fully saturated rings. The number of nitrogens with one attached hydrogen (secondary N) is 1. The van der Waals surface area contributed by atoms with Crippen LogP contribution in [0.2, 0.25) is 0 Å². The molecular formula is C12H14N4O3S. The summed E-state index contributed by atoms with van der Waals surface area (Å²) in [5.41, 5.74) is 0.758. The van der Waals surface area contributed by atoms with Crippen LogP contribution in [0.1, 0.15) is 28.5 Å². The number of H-pyrrole nitrogens is 1. The Bertz CT molecular complexity index is 692. The monoisotopic (exact) mass is 294 g/mol. The summed E-state index contributed by atoms with van der Waals surface area (Å²) >= 11 is 1.22. The number of rotatable bonds is 5. The van der Waals surface area contributed by atoms with Crippen molar-refractivity contribution in [2.45, 2.75) is 31.2 Å². The Balaban J connectivity index is 2.24. The number of carboxylic acids is 1. The fraction of sp³-hybridized carbons (Fsp3) is 0.333. The Morgan fingerprint density at radius 2 is 2.30 bits per heavy atom. The van der Waals surface area contributed by atoms with Gasteiger partial charge in [-0.3, -0.25) is 4.68 Å². The first kappa shape index (κ1) is 14.3. The molecule has 7 nitrogen and oxygen atoms in total. The van der Waals surface area contributed by atoms with Crippen molar-refractivity contribution < 1.29 is 9.90 Å². The predicted molar refractivity (Wildman–Crippen MR) is 74.0 cm³/mol. The second-order valence-electron chi connectivity index (χ2n) is 4.15. The molecule has 0 aromatic carbocycles. The van der Waals surface area contributed by atoms with Crippen LogP contribution in [0.15, 0.2) is 22.2 Å². The lowest BCUT2D eigenvalue weighted by Crippen LogP contribution is -2.18. The Kier molecular flexibility index (Phi) is 4.23. The van der Waals surface area contributed by atoms with Crippen LogP contribution in [-0.2, 0) is 12.3 Å².